The van der Waals surface area contributed by atoms with Gasteiger partial charge in [0.15, 0.2) is 0 Å². The highest BCUT2D eigenvalue weighted by Gasteiger charge is 2.61. The number of nitrogens with one attached hydrogen (secondary N) is 1. The van der Waals surface area contributed by atoms with Crippen LogP contribution in [0.1, 0.15) is 29.3 Å². The van der Waals surface area contributed by atoms with E-state index in [2.05, 4.69) is 21.2 Å². The molecule has 0 aliphatic carbocycles. The average molecular weight is 471 g/mol. The molecule has 0 saturated heterocycles. The summed E-state index contributed by atoms with van der Waals surface area (Å²) >= 11 is 9.78. The van der Waals surface area contributed by atoms with Gasteiger partial charge in [-0.05, 0) is 48.5 Å². The molecule has 4 heterocycles. The summed E-state index contributed by atoms with van der Waals surface area (Å²) in [6.45, 7) is 0. The van der Waals surface area contributed by atoms with E-state index in [1.807, 2.05) is 42.5 Å². The lowest BCUT2D eigenvalue weighted by Gasteiger charge is -2.44. The maximum Gasteiger partial charge on any atom is 0.306 e. The molecule has 1 N–H and O–H groups in total. The normalized spacial score (nSPS) is 23.9. The van der Waals surface area contributed by atoms with E-state index in [4.69, 9.17) is 25.9 Å². The molecule has 2 aromatic carbocycles. The van der Waals surface area contributed by atoms with Crippen molar-refractivity contribution in [1.82, 2.24) is 5.01 Å². The molecule has 29 heavy (non-hydrogen) atoms. The van der Waals surface area contributed by atoms with Crippen molar-refractivity contribution in [2.75, 3.05) is 5.32 Å². The zero-order chi connectivity index (χ0) is 19.8. The lowest BCUT2D eigenvalue weighted by molar-refractivity contribution is -0.161. The molecule has 6 nitrogen and oxygen atoms in total. The number of benzene rings is 2. The van der Waals surface area contributed by atoms with Crippen LogP contribution in [-0.4, -0.2) is 16.6 Å². The largest absolute Gasteiger partial charge is 0.463 e. The zero-order valence-corrected chi connectivity index (χ0v) is 17.2. The smallest absolute Gasteiger partial charge is 0.306 e. The Bertz CT molecular complexity index is 1210. The van der Waals surface area contributed by atoms with E-state index in [9.17, 15) is 4.79 Å². The Labute approximate surface area is 179 Å². The van der Waals surface area contributed by atoms with Gasteiger partial charge in [0.2, 0.25) is 0 Å². The van der Waals surface area contributed by atoms with Crippen molar-refractivity contribution in [3.8, 4) is 5.75 Å². The van der Waals surface area contributed by atoms with E-state index in [-0.39, 0.29) is 11.9 Å². The number of carbonyl (C=O) groups is 1. The standard InChI is InChI=1S/C21H13BrClN3O3/c22-11-3-5-15-14(8-11)21(20(27)24-15)26-17(10-16(25-26)19-2-1-7-28-19)13-9-12(23)4-6-18(13)29-21/h1-9,17H,10H2,(H,24,27)/t17-,21+/m1/s1. The average Bonchev–Trinajstić information content (AvgIpc) is 3.42. The Kier molecular flexibility index (Phi) is 3.47. The maximum atomic E-state index is 13.3. The number of halogens is 2. The number of nitrogens with zero attached hydrogens (tertiary/aromatic N) is 2. The van der Waals surface area contributed by atoms with Crippen LogP contribution in [0.4, 0.5) is 5.69 Å². The van der Waals surface area contributed by atoms with E-state index < -0.39 is 5.72 Å². The van der Waals surface area contributed by atoms with Gasteiger partial charge in [0.05, 0.1) is 23.6 Å². The van der Waals surface area contributed by atoms with Gasteiger partial charge in [-0.25, -0.2) is 5.01 Å². The topological polar surface area (TPSA) is 67.1 Å². The summed E-state index contributed by atoms with van der Waals surface area (Å²) < 4.78 is 12.8. The molecular formula is C21H13BrClN3O3. The summed E-state index contributed by atoms with van der Waals surface area (Å²) in [5, 5.41) is 10.1. The fraction of sp³-hybridized carbons (Fsp3) is 0.143. The van der Waals surface area contributed by atoms with Gasteiger partial charge in [-0.3, -0.25) is 4.79 Å². The number of rotatable bonds is 1. The number of ether oxygens (including phenoxy) is 1. The third kappa shape index (κ3) is 2.28. The number of fused-ring (bicyclic) bond motifs is 6. The Balaban J connectivity index is 1.61. The molecule has 144 valence electrons. The lowest BCUT2D eigenvalue weighted by atomic mass is 9.93. The molecule has 1 amide bonds. The number of hydrogen-bond donors (Lipinski definition) is 1. The lowest BCUT2D eigenvalue weighted by Crippen LogP contribution is -2.55. The molecule has 3 aliphatic rings. The minimum atomic E-state index is -1.40. The van der Waals surface area contributed by atoms with E-state index in [1.165, 1.54) is 0 Å². The van der Waals surface area contributed by atoms with E-state index in [0.717, 1.165) is 15.7 Å². The number of furan rings is 1. The summed E-state index contributed by atoms with van der Waals surface area (Å²) in [7, 11) is 0. The van der Waals surface area contributed by atoms with Crippen LogP contribution < -0.4 is 10.1 Å². The first-order valence-corrected chi connectivity index (χ1v) is 10.2. The maximum absolute atomic E-state index is 13.3. The molecule has 6 rings (SSSR count). The number of amides is 1. The third-order valence-corrected chi connectivity index (χ3v) is 6.26. The second-order valence-electron chi connectivity index (χ2n) is 7.16. The molecule has 1 spiro atoms. The van der Waals surface area contributed by atoms with E-state index >= 15 is 0 Å². The molecule has 0 saturated carbocycles. The van der Waals surface area contributed by atoms with E-state index in [1.54, 1.807) is 17.3 Å². The van der Waals surface area contributed by atoms with Crippen molar-refractivity contribution in [1.29, 1.82) is 0 Å². The molecular weight excluding hydrogens is 458 g/mol. The van der Waals surface area contributed by atoms with Gasteiger partial charge in [0.25, 0.3) is 5.91 Å². The number of anilines is 1. The minimum Gasteiger partial charge on any atom is -0.463 e. The number of carbonyl (C=O) groups excluding carboxylic acids is 1. The molecule has 2 atom stereocenters. The van der Waals surface area contributed by atoms with Gasteiger partial charge in [-0.2, -0.15) is 5.10 Å². The van der Waals surface area contributed by atoms with Crippen LogP contribution in [0.15, 0.2) is 68.8 Å². The SMILES string of the molecule is O=C1Nc2ccc(Br)cc2[C@]12Oc1ccc(Cl)cc1[C@H]1CC(c3ccco3)=NN12. The van der Waals surface area contributed by atoms with Crippen molar-refractivity contribution in [3.05, 3.63) is 81.2 Å². The van der Waals surface area contributed by atoms with Crippen LogP contribution in [0.25, 0.3) is 0 Å². The predicted octanol–water partition coefficient (Wildman–Crippen LogP) is 5.04. The van der Waals surface area contributed by atoms with Crippen molar-refractivity contribution in [3.63, 3.8) is 0 Å². The molecule has 3 aliphatic heterocycles. The summed E-state index contributed by atoms with van der Waals surface area (Å²) in [6.07, 6.45) is 2.18. The minimum absolute atomic E-state index is 0.215. The third-order valence-electron chi connectivity index (χ3n) is 5.53. The molecule has 0 fully saturated rings. The van der Waals surface area contributed by atoms with Gasteiger partial charge >= 0.3 is 5.72 Å². The van der Waals surface area contributed by atoms with Gasteiger partial charge < -0.3 is 14.5 Å². The van der Waals surface area contributed by atoms with Gasteiger partial charge in [-0.1, -0.05) is 27.5 Å². The Morgan fingerprint density at radius 1 is 1.24 bits per heavy atom. The van der Waals surface area contributed by atoms with Crippen molar-refractivity contribution in [2.24, 2.45) is 5.10 Å². The summed E-state index contributed by atoms with van der Waals surface area (Å²) in [4.78, 5) is 13.3. The predicted molar refractivity (Wildman–Crippen MR) is 111 cm³/mol. The van der Waals surface area contributed by atoms with Gasteiger partial charge in [0, 0.05) is 21.5 Å². The van der Waals surface area contributed by atoms with Crippen LogP contribution in [0.5, 0.6) is 5.75 Å². The van der Waals surface area contributed by atoms with Crippen LogP contribution in [-0.2, 0) is 10.5 Å². The first-order chi connectivity index (χ1) is 14.1. The highest BCUT2D eigenvalue weighted by Crippen LogP contribution is 2.54. The second-order valence-corrected chi connectivity index (χ2v) is 8.51. The molecule has 0 unspecified atom stereocenters. The first kappa shape index (κ1) is 17.1. The molecule has 0 radical (unpaired) electrons. The summed E-state index contributed by atoms with van der Waals surface area (Å²) in [5.74, 6) is 1.01. The van der Waals surface area contributed by atoms with Crippen LogP contribution >= 0.6 is 27.5 Å². The summed E-state index contributed by atoms with van der Waals surface area (Å²) in [5.41, 5.74) is 1.67. The fourth-order valence-electron chi connectivity index (χ4n) is 4.28. The van der Waals surface area contributed by atoms with Crippen molar-refractivity contribution in [2.45, 2.75) is 18.2 Å². The Hall–Kier alpha value is -2.77. The van der Waals surface area contributed by atoms with Gasteiger partial charge in [-0.15, -0.1) is 0 Å². The molecule has 1 aromatic heterocycles. The number of hydrogen-bond acceptors (Lipinski definition) is 5. The van der Waals surface area contributed by atoms with Crippen molar-refractivity contribution >= 4 is 44.8 Å². The number of hydrazone groups is 1. The van der Waals surface area contributed by atoms with Crippen LogP contribution in [0.3, 0.4) is 0 Å². The zero-order valence-electron chi connectivity index (χ0n) is 14.9. The van der Waals surface area contributed by atoms with Gasteiger partial charge in [0.1, 0.15) is 17.2 Å². The fourth-order valence-corrected chi connectivity index (χ4v) is 4.82. The highest BCUT2D eigenvalue weighted by molar-refractivity contribution is 9.10. The quantitative estimate of drug-likeness (QED) is 0.541. The monoisotopic (exact) mass is 469 g/mol. The summed E-state index contributed by atoms with van der Waals surface area (Å²) in [6, 6.07) is 14.6. The molecule has 0 bridgehead atoms. The van der Waals surface area contributed by atoms with Crippen LogP contribution in [0, 0.1) is 0 Å². The highest BCUT2D eigenvalue weighted by atomic mass is 79.9. The Morgan fingerprint density at radius 3 is 2.97 bits per heavy atom. The molecule has 8 heteroatoms. The van der Waals surface area contributed by atoms with E-state index in [0.29, 0.717) is 34.2 Å². The Morgan fingerprint density at radius 2 is 2.14 bits per heavy atom. The first-order valence-electron chi connectivity index (χ1n) is 9.07. The molecule has 3 aromatic rings. The second kappa shape index (κ2) is 5.87. The van der Waals surface area contributed by atoms with Crippen molar-refractivity contribution < 1.29 is 13.9 Å². The van der Waals surface area contributed by atoms with Crippen LogP contribution in [0.2, 0.25) is 5.02 Å².